The molecule has 0 aliphatic rings. The average molecular weight is 264 g/mol. The molecule has 0 unspecified atom stereocenters. The summed E-state index contributed by atoms with van der Waals surface area (Å²) in [5, 5.41) is 2.91. The maximum atomic E-state index is 13.1. The first-order valence-electron chi connectivity index (χ1n) is 5.66. The second kappa shape index (κ2) is 5.93. The molecule has 0 bridgehead atoms. The van der Waals surface area contributed by atoms with Crippen LogP contribution in [0.15, 0.2) is 12.1 Å². The number of hydrogen-bond donors (Lipinski definition) is 2. The van der Waals surface area contributed by atoms with Gasteiger partial charge in [-0.1, -0.05) is 0 Å². The second-order valence-corrected chi connectivity index (χ2v) is 4.19. The molecule has 6 heteroatoms. The Morgan fingerprint density at radius 1 is 1.22 bits per heavy atom. The Kier molecular flexibility index (Phi) is 4.81. The van der Waals surface area contributed by atoms with E-state index in [0.29, 0.717) is 24.2 Å². The fraction of sp³-hybridized carbons (Fsp3) is 0.500. The molecule has 0 aromatic heterocycles. The van der Waals surface area contributed by atoms with E-state index in [1.807, 2.05) is 0 Å². The van der Waals surface area contributed by atoms with E-state index >= 15 is 0 Å². The van der Waals surface area contributed by atoms with Gasteiger partial charge in [0.15, 0.2) is 0 Å². The number of benzene rings is 1. The summed E-state index contributed by atoms with van der Waals surface area (Å²) in [5.74, 6) is -0.393. The van der Waals surface area contributed by atoms with Crippen LogP contribution in [-0.2, 0) is 0 Å². The highest BCUT2D eigenvalue weighted by Crippen LogP contribution is 2.24. The molecule has 0 amide bonds. The molecule has 0 fully saturated rings. The van der Waals surface area contributed by atoms with E-state index in [9.17, 15) is 17.6 Å². The van der Waals surface area contributed by atoms with E-state index in [4.69, 9.17) is 5.73 Å². The topological polar surface area (TPSA) is 38.0 Å². The summed E-state index contributed by atoms with van der Waals surface area (Å²) in [4.78, 5) is 0. The molecular weight excluding hydrogens is 248 g/mol. The summed E-state index contributed by atoms with van der Waals surface area (Å²) in [6.45, 7) is 1.98. The first kappa shape index (κ1) is 14.6. The number of nitrogen functional groups attached to an aromatic ring is 1. The lowest BCUT2D eigenvalue weighted by molar-refractivity contribution is -0.135. The Bertz CT molecular complexity index is 402. The highest BCUT2D eigenvalue weighted by molar-refractivity contribution is 5.67. The number of rotatable bonds is 5. The van der Waals surface area contributed by atoms with Crippen LogP contribution in [0, 0.1) is 12.7 Å². The molecule has 1 aromatic rings. The Morgan fingerprint density at radius 2 is 1.89 bits per heavy atom. The summed E-state index contributed by atoms with van der Waals surface area (Å²) in [6, 6.07) is 2.75. The minimum absolute atomic E-state index is 0.0661. The quantitative estimate of drug-likeness (QED) is 0.481. The minimum atomic E-state index is -4.11. The van der Waals surface area contributed by atoms with Crippen LogP contribution >= 0.6 is 0 Å². The van der Waals surface area contributed by atoms with Crippen molar-refractivity contribution in [2.75, 3.05) is 17.6 Å². The van der Waals surface area contributed by atoms with Gasteiger partial charge in [0.05, 0.1) is 11.4 Å². The largest absolute Gasteiger partial charge is 0.397 e. The van der Waals surface area contributed by atoms with Crippen molar-refractivity contribution in [3.8, 4) is 0 Å². The van der Waals surface area contributed by atoms with Crippen LogP contribution in [0.25, 0.3) is 0 Å². The molecule has 0 heterocycles. The number of anilines is 2. The summed E-state index contributed by atoms with van der Waals surface area (Å²) in [7, 11) is 0. The molecule has 18 heavy (non-hydrogen) atoms. The van der Waals surface area contributed by atoms with Crippen molar-refractivity contribution in [3.05, 3.63) is 23.5 Å². The Balaban J connectivity index is 2.38. The van der Waals surface area contributed by atoms with Gasteiger partial charge in [-0.3, -0.25) is 0 Å². The number of halogens is 4. The van der Waals surface area contributed by atoms with Gasteiger partial charge in [-0.25, -0.2) is 4.39 Å². The van der Waals surface area contributed by atoms with Gasteiger partial charge in [0, 0.05) is 13.0 Å². The highest BCUT2D eigenvalue weighted by atomic mass is 19.4. The number of nitrogens with one attached hydrogen (secondary N) is 1. The van der Waals surface area contributed by atoms with Crippen LogP contribution in [-0.4, -0.2) is 12.7 Å². The predicted molar refractivity (Wildman–Crippen MR) is 63.9 cm³/mol. The molecule has 102 valence electrons. The van der Waals surface area contributed by atoms with Crippen molar-refractivity contribution in [2.24, 2.45) is 0 Å². The maximum absolute atomic E-state index is 13.1. The van der Waals surface area contributed by atoms with Gasteiger partial charge in [0.2, 0.25) is 0 Å². The Labute approximate surface area is 103 Å². The van der Waals surface area contributed by atoms with E-state index < -0.39 is 18.4 Å². The summed E-state index contributed by atoms with van der Waals surface area (Å²) in [5.41, 5.74) is 6.85. The molecule has 2 nitrogen and oxygen atoms in total. The molecule has 3 N–H and O–H groups in total. The van der Waals surface area contributed by atoms with Gasteiger partial charge in [-0.05, 0) is 37.5 Å². The molecule has 0 aliphatic carbocycles. The molecule has 0 saturated carbocycles. The van der Waals surface area contributed by atoms with E-state index in [1.54, 1.807) is 13.0 Å². The van der Waals surface area contributed by atoms with Gasteiger partial charge >= 0.3 is 6.18 Å². The third-order valence-electron chi connectivity index (χ3n) is 2.53. The van der Waals surface area contributed by atoms with E-state index in [2.05, 4.69) is 5.32 Å². The summed E-state index contributed by atoms with van der Waals surface area (Å²) in [6.07, 6.45) is -4.44. The molecule has 0 spiro atoms. The zero-order chi connectivity index (χ0) is 13.8. The lowest BCUT2D eigenvalue weighted by Crippen LogP contribution is -2.09. The minimum Gasteiger partial charge on any atom is -0.397 e. The number of aryl methyl sites for hydroxylation is 1. The fourth-order valence-corrected chi connectivity index (χ4v) is 1.52. The van der Waals surface area contributed by atoms with Crippen molar-refractivity contribution < 1.29 is 17.6 Å². The van der Waals surface area contributed by atoms with Crippen LogP contribution in [0.4, 0.5) is 28.9 Å². The first-order chi connectivity index (χ1) is 8.29. The van der Waals surface area contributed by atoms with Crippen molar-refractivity contribution in [3.63, 3.8) is 0 Å². The monoisotopic (exact) mass is 264 g/mol. The summed E-state index contributed by atoms with van der Waals surface area (Å²) >= 11 is 0. The van der Waals surface area contributed by atoms with Crippen LogP contribution in [0.3, 0.4) is 0 Å². The third-order valence-corrected chi connectivity index (χ3v) is 2.53. The van der Waals surface area contributed by atoms with E-state index in [-0.39, 0.29) is 12.1 Å². The molecular formula is C12H16F4N2. The standard InChI is InChI=1S/C12H16F4N2/c1-8-6-11(10(17)7-9(8)13)18-5-3-2-4-12(14,15)16/h6-7,18H,2-5,17H2,1H3. The second-order valence-electron chi connectivity index (χ2n) is 4.19. The van der Waals surface area contributed by atoms with Crippen molar-refractivity contribution in [1.82, 2.24) is 0 Å². The van der Waals surface area contributed by atoms with Crippen molar-refractivity contribution in [2.45, 2.75) is 32.4 Å². The molecule has 1 rings (SSSR count). The smallest absolute Gasteiger partial charge is 0.389 e. The summed E-state index contributed by atoms with van der Waals surface area (Å²) < 4.78 is 48.8. The number of unbranched alkanes of at least 4 members (excludes halogenated alkanes) is 1. The lowest BCUT2D eigenvalue weighted by Gasteiger charge is -2.11. The fourth-order valence-electron chi connectivity index (χ4n) is 1.52. The van der Waals surface area contributed by atoms with Gasteiger partial charge in [-0.2, -0.15) is 13.2 Å². The van der Waals surface area contributed by atoms with Crippen LogP contribution in [0.1, 0.15) is 24.8 Å². The van der Waals surface area contributed by atoms with Gasteiger partial charge in [0.1, 0.15) is 5.82 Å². The SMILES string of the molecule is Cc1cc(NCCCCC(F)(F)F)c(N)cc1F. The van der Waals surface area contributed by atoms with Gasteiger partial charge in [0.25, 0.3) is 0 Å². The zero-order valence-corrected chi connectivity index (χ0v) is 10.1. The Hall–Kier alpha value is -1.46. The highest BCUT2D eigenvalue weighted by Gasteiger charge is 2.25. The maximum Gasteiger partial charge on any atom is 0.389 e. The van der Waals surface area contributed by atoms with Gasteiger partial charge < -0.3 is 11.1 Å². The molecule has 0 radical (unpaired) electrons. The lowest BCUT2D eigenvalue weighted by atomic mass is 10.1. The first-order valence-corrected chi connectivity index (χ1v) is 5.66. The number of alkyl halides is 3. The predicted octanol–water partition coefficient (Wildman–Crippen LogP) is 3.86. The molecule has 0 aliphatic heterocycles. The normalized spacial score (nSPS) is 11.6. The van der Waals surface area contributed by atoms with E-state index in [1.165, 1.54) is 6.07 Å². The van der Waals surface area contributed by atoms with Gasteiger partial charge in [-0.15, -0.1) is 0 Å². The zero-order valence-electron chi connectivity index (χ0n) is 10.1. The Morgan fingerprint density at radius 3 is 2.50 bits per heavy atom. The average Bonchev–Trinajstić information content (AvgIpc) is 2.23. The number of nitrogens with two attached hydrogens (primary N) is 1. The molecule has 1 aromatic carbocycles. The third kappa shape index (κ3) is 4.81. The van der Waals surface area contributed by atoms with Crippen LogP contribution in [0.5, 0.6) is 0 Å². The van der Waals surface area contributed by atoms with Crippen molar-refractivity contribution >= 4 is 11.4 Å². The van der Waals surface area contributed by atoms with Crippen molar-refractivity contribution in [1.29, 1.82) is 0 Å². The molecule has 0 atom stereocenters. The number of hydrogen-bond acceptors (Lipinski definition) is 2. The van der Waals surface area contributed by atoms with Crippen LogP contribution in [0.2, 0.25) is 0 Å². The van der Waals surface area contributed by atoms with E-state index in [0.717, 1.165) is 0 Å². The van der Waals surface area contributed by atoms with Crippen LogP contribution < -0.4 is 11.1 Å². The molecule has 0 saturated heterocycles.